The average Bonchev–Trinajstić information content (AvgIpc) is 2.80. The lowest BCUT2D eigenvalue weighted by Gasteiger charge is -2.32. The number of rotatable bonds is 7. The molecule has 0 saturated carbocycles. The SMILES string of the molecule is COc1ccc([C@H]2NC(=O)CO[C@@H]2C(=O)NCCc2ccccc2C)cc1OC.O=CO. The van der Waals surface area contributed by atoms with Crippen LogP contribution in [0.3, 0.4) is 0 Å². The van der Waals surface area contributed by atoms with Gasteiger partial charge in [-0.25, -0.2) is 0 Å². The molecule has 1 saturated heterocycles. The van der Waals surface area contributed by atoms with Crippen LogP contribution in [0, 0.1) is 6.92 Å². The molecule has 1 fully saturated rings. The molecule has 3 rings (SSSR count). The Morgan fingerprint density at radius 3 is 2.56 bits per heavy atom. The van der Waals surface area contributed by atoms with Gasteiger partial charge in [0.1, 0.15) is 6.61 Å². The number of aryl methyl sites for hydroxylation is 1. The van der Waals surface area contributed by atoms with E-state index in [0.29, 0.717) is 23.6 Å². The topological polar surface area (TPSA) is 123 Å². The fourth-order valence-electron chi connectivity index (χ4n) is 3.40. The summed E-state index contributed by atoms with van der Waals surface area (Å²) in [4.78, 5) is 33.1. The quantitative estimate of drug-likeness (QED) is 0.555. The highest BCUT2D eigenvalue weighted by Gasteiger charge is 2.36. The second kappa shape index (κ2) is 12.3. The Morgan fingerprint density at radius 1 is 1.22 bits per heavy atom. The van der Waals surface area contributed by atoms with Crippen molar-refractivity contribution in [2.45, 2.75) is 25.5 Å². The van der Waals surface area contributed by atoms with Gasteiger partial charge >= 0.3 is 0 Å². The van der Waals surface area contributed by atoms with E-state index in [1.54, 1.807) is 25.3 Å². The van der Waals surface area contributed by atoms with Crippen molar-refractivity contribution in [1.82, 2.24) is 10.6 Å². The molecule has 1 aliphatic rings. The summed E-state index contributed by atoms with van der Waals surface area (Å²) in [6.07, 6.45) is -0.110. The summed E-state index contributed by atoms with van der Waals surface area (Å²) in [6.45, 7) is 2.12. The molecule has 2 aromatic rings. The van der Waals surface area contributed by atoms with Gasteiger partial charge in [-0.3, -0.25) is 14.4 Å². The standard InChI is InChI=1S/C22H26N2O5.CH2O2/c1-14-6-4-5-7-15(14)10-11-23-22(26)21-20(24-19(25)13-29-21)16-8-9-17(27-2)18(12-16)28-3;2-1-3/h4-9,12,20-21H,10-11,13H2,1-3H3,(H,23,26)(H,24,25);1H,(H,2,3)/t20-,21+;/m1./s1. The minimum Gasteiger partial charge on any atom is -0.493 e. The van der Waals surface area contributed by atoms with Crippen molar-refractivity contribution in [1.29, 1.82) is 0 Å². The van der Waals surface area contributed by atoms with Gasteiger partial charge in [-0.1, -0.05) is 30.3 Å². The van der Waals surface area contributed by atoms with E-state index >= 15 is 0 Å². The van der Waals surface area contributed by atoms with Crippen molar-refractivity contribution in [3.63, 3.8) is 0 Å². The third-order valence-electron chi connectivity index (χ3n) is 4.99. The largest absolute Gasteiger partial charge is 0.493 e. The van der Waals surface area contributed by atoms with Crippen LogP contribution >= 0.6 is 0 Å². The normalized spacial score (nSPS) is 17.3. The third-order valence-corrected chi connectivity index (χ3v) is 4.99. The molecular weight excluding hydrogens is 416 g/mol. The Hall–Kier alpha value is -3.59. The van der Waals surface area contributed by atoms with Crippen LogP contribution in [0.15, 0.2) is 42.5 Å². The maximum Gasteiger partial charge on any atom is 0.290 e. The van der Waals surface area contributed by atoms with Gasteiger partial charge in [-0.15, -0.1) is 0 Å². The van der Waals surface area contributed by atoms with E-state index in [4.69, 9.17) is 24.1 Å². The first-order valence-corrected chi connectivity index (χ1v) is 9.98. The highest BCUT2D eigenvalue weighted by molar-refractivity contribution is 5.86. The number of hydrogen-bond donors (Lipinski definition) is 3. The number of ether oxygens (including phenoxy) is 3. The number of carboxylic acid groups (broad SMARTS) is 1. The van der Waals surface area contributed by atoms with Crippen LogP contribution in [0.1, 0.15) is 22.7 Å². The van der Waals surface area contributed by atoms with Gasteiger partial charge in [-0.05, 0) is 42.2 Å². The van der Waals surface area contributed by atoms with Crippen LogP contribution in [0.2, 0.25) is 0 Å². The highest BCUT2D eigenvalue weighted by atomic mass is 16.5. The molecule has 9 nitrogen and oxygen atoms in total. The van der Waals surface area contributed by atoms with Gasteiger partial charge in [0.2, 0.25) is 5.91 Å². The molecule has 0 radical (unpaired) electrons. The molecule has 3 N–H and O–H groups in total. The minimum atomic E-state index is -0.831. The van der Waals surface area contributed by atoms with Crippen LogP contribution < -0.4 is 20.1 Å². The van der Waals surface area contributed by atoms with Crippen molar-refractivity contribution in [3.05, 3.63) is 59.2 Å². The van der Waals surface area contributed by atoms with Crippen molar-refractivity contribution in [2.75, 3.05) is 27.4 Å². The first-order chi connectivity index (χ1) is 15.4. The monoisotopic (exact) mass is 444 g/mol. The molecule has 2 atom stereocenters. The lowest BCUT2D eigenvalue weighted by Crippen LogP contribution is -2.52. The summed E-state index contributed by atoms with van der Waals surface area (Å²) in [7, 11) is 3.08. The van der Waals surface area contributed by atoms with E-state index in [1.165, 1.54) is 18.2 Å². The number of nitrogens with one attached hydrogen (secondary N) is 2. The number of morpholine rings is 1. The Balaban J connectivity index is 0.00000114. The van der Waals surface area contributed by atoms with Crippen LogP contribution in [-0.4, -0.2) is 56.9 Å². The molecule has 1 aliphatic heterocycles. The van der Waals surface area contributed by atoms with Gasteiger partial charge in [0.25, 0.3) is 12.4 Å². The van der Waals surface area contributed by atoms with Crippen molar-refractivity contribution >= 4 is 18.3 Å². The summed E-state index contributed by atoms with van der Waals surface area (Å²) in [5, 5.41) is 12.7. The molecule has 2 amide bonds. The summed E-state index contributed by atoms with van der Waals surface area (Å²) in [5.74, 6) is 0.550. The fourth-order valence-corrected chi connectivity index (χ4v) is 3.40. The number of benzene rings is 2. The second-order valence-electron chi connectivity index (χ2n) is 6.96. The number of carbonyl (C=O) groups is 3. The second-order valence-corrected chi connectivity index (χ2v) is 6.96. The molecule has 0 aliphatic carbocycles. The smallest absolute Gasteiger partial charge is 0.290 e. The number of hydrogen-bond acceptors (Lipinski definition) is 6. The lowest BCUT2D eigenvalue weighted by molar-refractivity contribution is -0.148. The van der Waals surface area contributed by atoms with Crippen LogP contribution in [-0.2, 0) is 25.5 Å². The first kappa shape index (κ1) is 24.7. The van der Waals surface area contributed by atoms with E-state index in [0.717, 1.165) is 6.42 Å². The molecular formula is C23H28N2O7. The number of carbonyl (C=O) groups excluding carboxylic acids is 2. The van der Waals surface area contributed by atoms with Crippen LogP contribution in [0.4, 0.5) is 0 Å². The third kappa shape index (κ3) is 6.45. The van der Waals surface area contributed by atoms with E-state index < -0.39 is 12.1 Å². The summed E-state index contributed by atoms with van der Waals surface area (Å²) < 4.78 is 16.2. The predicted molar refractivity (Wildman–Crippen MR) is 117 cm³/mol. The molecule has 0 aromatic heterocycles. The molecule has 32 heavy (non-hydrogen) atoms. The average molecular weight is 444 g/mol. The van der Waals surface area contributed by atoms with Crippen molar-refractivity contribution in [3.8, 4) is 11.5 Å². The van der Waals surface area contributed by atoms with E-state index in [2.05, 4.69) is 10.6 Å². The molecule has 0 bridgehead atoms. The van der Waals surface area contributed by atoms with Crippen molar-refractivity contribution < 1.29 is 33.7 Å². The summed E-state index contributed by atoms with van der Waals surface area (Å²) in [6, 6.07) is 12.7. The summed E-state index contributed by atoms with van der Waals surface area (Å²) >= 11 is 0. The first-order valence-electron chi connectivity index (χ1n) is 9.98. The lowest BCUT2D eigenvalue weighted by atomic mass is 9.98. The molecule has 172 valence electrons. The summed E-state index contributed by atoms with van der Waals surface area (Å²) in [5.41, 5.74) is 3.07. The zero-order valence-electron chi connectivity index (χ0n) is 18.3. The van der Waals surface area contributed by atoms with Gasteiger partial charge in [0, 0.05) is 6.54 Å². The maximum atomic E-state index is 12.8. The van der Waals surface area contributed by atoms with Crippen LogP contribution in [0.5, 0.6) is 11.5 Å². The van der Waals surface area contributed by atoms with E-state index in [1.807, 2.05) is 31.2 Å². The minimum absolute atomic E-state index is 0.153. The Bertz CT molecular complexity index is 932. The fraction of sp³-hybridized carbons (Fsp3) is 0.348. The maximum absolute atomic E-state index is 12.8. The van der Waals surface area contributed by atoms with Gasteiger partial charge in [-0.2, -0.15) is 0 Å². The van der Waals surface area contributed by atoms with Crippen molar-refractivity contribution in [2.24, 2.45) is 0 Å². The van der Waals surface area contributed by atoms with E-state index in [-0.39, 0.29) is 24.9 Å². The number of amides is 2. The predicted octanol–water partition coefficient (Wildman–Crippen LogP) is 1.63. The zero-order valence-corrected chi connectivity index (χ0v) is 18.3. The molecule has 9 heteroatoms. The molecule has 0 spiro atoms. The van der Waals surface area contributed by atoms with Gasteiger partial charge < -0.3 is 30.0 Å². The van der Waals surface area contributed by atoms with Gasteiger partial charge in [0.05, 0.1) is 20.3 Å². The molecule has 1 heterocycles. The Kier molecular flexibility index (Phi) is 9.49. The Labute approximate surface area is 186 Å². The van der Waals surface area contributed by atoms with E-state index in [9.17, 15) is 9.59 Å². The molecule has 2 aromatic carbocycles. The molecule has 0 unspecified atom stereocenters. The van der Waals surface area contributed by atoms with Gasteiger partial charge in [0.15, 0.2) is 17.6 Å². The Morgan fingerprint density at radius 2 is 1.91 bits per heavy atom. The zero-order chi connectivity index (χ0) is 23.5. The highest BCUT2D eigenvalue weighted by Crippen LogP contribution is 2.32. The van der Waals surface area contributed by atoms with Crippen LogP contribution in [0.25, 0.3) is 0 Å². The number of methoxy groups -OCH3 is 2.